The van der Waals surface area contributed by atoms with Crippen LogP contribution in [-0.2, 0) is 19.6 Å². The molecule has 1 heterocycles. The van der Waals surface area contributed by atoms with Crippen LogP contribution in [-0.4, -0.2) is 46.7 Å². The smallest absolute Gasteiger partial charge is 0.256 e. The van der Waals surface area contributed by atoms with Crippen LogP contribution >= 0.6 is 12.4 Å². The Labute approximate surface area is 160 Å². The molecule has 0 aromatic heterocycles. The highest BCUT2D eigenvalue weighted by Gasteiger charge is 2.39. The number of ether oxygens (including phenoxy) is 1. The topological polar surface area (TPSA) is 96.5 Å². The lowest BCUT2D eigenvalue weighted by Gasteiger charge is -2.34. The van der Waals surface area contributed by atoms with Crippen LogP contribution in [0.3, 0.4) is 0 Å². The number of benzene rings is 1. The molecule has 146 valence electrons. The van der Waals surface area contributed by atoms with Gasteiger partial charge < -0.3 is 15.4 Å². The second-order valence-electron chi connectivity index (χ2n) is 6.72. The highest BCUT2D eigenvalue weighted by Crippen LogP contribution is 2.28. The van der Waals surface area contributed by atoms with Crippen molar-refractivity contribution in [3.8, 4) is 0 Å². The Morgan fingerprint density at radius 3 is 2.38 bits per heavy atom. The van der Waals surface area contributed by atoms with Gasteiger partial charge in [-0.2, -0.15) is 0 Å². The van der Waals surface area contributed by atoms with Crippen molar-refractivity contribution in [2.24, 2.45) is 5.92 Å². The van der Waals surface area contributed by atoms with Crippen LogP contribution in [0.15, 0.2) is 29.2 Å². The minimum Gasteiger partial charge on any atom is -0.368 e. The Hall–Kier alpha value is -1.19. The molecular weight excluding hydrogens is 378 g/mol. The van der Waals surface area contributed by atoms with Crippen LogP contribution in [0.2, 0.25) is 0 Å². The van der Waals surface area contributed by atoms with Gasteiger partial charge in [0.15, 0.2) is 0 Å². The number of piperidine rings is 1. The molecule has 1 saturated heterocycles. The number of carbonyl (C=O) groups excluding carboxylic acids is 1. The predicted molar refractivity (Wildman–Crippen MR) is 102 cm³/mol. The number of anilines is 1. The lowest BCUT2D eigenvalue weighted by atomic mass is 9.91. The van der Waals surface area contributed by atoms with Gasteiger partial charge in [0.2, 0.25) is 10.0 Å². The Bertz CT molecular complexity index is 714. The summed E-state index contributed by atoms with van der Waals surface area (Å²) in [4.78, 5) is 12.8. The van der Waals surface area contributed by atoms with Crippen molar-refractivity contribution < 1.29 is 17.9 Å². The molecule has 1 aliphatic heterocycles. The highest BCUT2D eigenvalue weighted by molar-refractivity contribution is 7.89. The number of hydrogen-bond donors (Lipinski definition) is 3. The van der Waals surface area contributed by atoms with Crippen LogP contribution in [0.25, 0.3) is 0 Å². The summed E-state index contributed by atoms with van der Waals surface area (Å²) in [6.07, 6.45) is 3.38. The molecule has 0 radical (unpaired) electrons. The molecule has 1 aromatic rings. The fraction of sp³-hybridized carbons (Fsp3) is 0.588. The van der Waals surface area contributed by atoms with Gasteiger partial charge >= 0.3 is 0 Å². The summed E-state index contributed by atoms with van der Waals surface area (Å²) in [6.45, 7) is 1.95. The fourth-order valence-electron chi connectivity index (χ4n) is 2.95. The number of hydrogen-bond acceptors (Lipinski definition) is 5. The van der Waals surface area contributed by atoms with Crippen molar-refractivity contribution in [2.45, 2.75) is 36.2 Å². The lowest BCUT2D eigenvalue weighted by Crippen LogP contribution is -2.51. The summed E-state index contributed by atoms with van der Waals surface area (Å²) in [5.41, 5.74) is -0.275. The van der Waals surface area contributed by atoms with Crippen molar-refractivity contribution in [3.63, 3.8) is 0 Å². The molecule has 1 aromatic carbocycles. The first-order valence-electron chi connectivity index (χ1n) is 8.62. The van der Waals surface area contributed by atoms with Crippen LogP contribution in [0.5, 0.6) is 0 Å². The first kappa shape index (κ1) is 21.1. The summed E-state index contributed by atoms with van der Waals surface area (Å²) >= 11 is 0. The van der Waals surface area contributed by atoms with E-state index < -0.39 is 15.6 Å². The van der Waals surface area contributed by atoms with E-state index in [-0.39, 0.29) is 23.2 Å². The van der Waals surface area contributed by atoms with Crippen molar-refractivity contribution in [1.82, 2.24) is 10.0 Å². The number of carbonyl (C=O) groups is 1. The minimum absolute atomic E-state index is 0. The summed E-state index contributed by atoms with van der Waals surface area (Å²) in [5.74, 6) is 0.280. The molecule has 2 aliphatic rings. The third kappa shape index (κ3) is 4.95. The molecule has 1 amide bonds. The quantitative estimate of drug-likeness (QED) is 0.641. The normalized spacial score (nSPS) is 19.4. The zero-order chi connectivity index (χ0) is 17.9. The van der Waals surface area contributed by atoms with Crippen molar-refractivity contribution in [2.75, 3.05) is 32.1 Å². The molecule has 3 rings (SSSR count). The number of amides is 1. The van der Waals surface area contributed by atoms with Gasteiger partial charge in [-0.3, -0.25) is 4.79 Å². The number of sulfonamides is 1. The largest absolute Gasteiger partial charge is 0.368 e. The summed E-state index contributed by atoms with van der Waals surface area (Å²) in [6, 6.07) is 6.22. The monoisotopic (exact) mass is 403 g/mol. The van der Waals surface area contributed by atoms with Gasteiger partial charge in [-0.25, -0.2) is 13.1 Å². The van der Waals surface area contributed by atoms with Crippen molar-refractivity contribution in [3.05, 3.63) is 24.3 Å². The summed E-state index contributed by atoms with van der Waals surface area (Å²) in [7, 11) is -1.95. The zero-order valence-electron chi connectivity index (χ0n) is 14.8. The highest BCUT2D eigenvalue weighted by atomic mass is 35.5. The van der Waals surface area contributed by atoms with Gasteiger partial charge in [0.05, 0.1) is 4.90 Å². The van der Waals surface area contributed by atoms with Gasteiger partial charge in [-0.05, 0) is 69.0 Å². The van der Waals surface area contributed by atoms with Crippen LogP contribution in [0.4, 0.5) is 5.69 Å². The van der Waals surface area contributed by atoms with E-state index in [4.69, 9.17) is 4.74 Å². The summed E-state index contributed by atoms with van der Waals surface area (Å²) < 4.78 is 32.5. The summed E-state index contributed by atoms with van der Waals surface area (Å²) in [5, 5.41) is 6.04. The van der Waals surface area contributed by atoms with Gasteiger partial charge in [0.1, 0.15) is 5.60 Å². The van der Waals surface area contributed by atoms with Crippen LogP contribution in [0, 0.1) is 5.92 Å². The van der Waals surface area contributed by atoms with Crippen LogP contribution in [0.1, 0.15) is 25.7 Å². The van der Waals surface area contributed by atoms with E-state index in [0.29, 0.717) is 31.0 Å². The first-order chi connectivity index (χ1) is 12.0. The van der Waals surface area contributed by atoms with Crippen LogP contribution < -0.4 is 15.4 Å². The fourth-order valence-corrected chi connectivity index (χ4v) is 4.07. The van der Waals surface area contributed by atoms with E-state index in [2.05, 4.69) is 15.4 Å². The number of rotatable bonds is 7. The maximum atomic E-state index is 12.6. The molecule has 0 atom stereocenters. The molecule has 2 fully saturated rings. The van der Waals surface area contributed by atoms with E-state index >= 15 is 0 Å². The number of nitrogens with one attached hydrogen (secondary N) is 3. The maximum Gasteiger partial charge on any atom is 0.256 e. The molecule has 7 nitrogen and oxygen atoms in total. The molecule has 1 aliphatic carbocycles. The van der Waals surface area contributed by atoms with Gasteiger partial charge in [-0.15, -0.1) is 12.4 Å². The molecule has 26 heavy (non-hydrogen) atoms. The van der Waals surface area contributed by atoms with Gasteiger partial charge in [0, 0.05) is 19.3 Å². The average molecular weight is 404 g/mol. The zero-order valence-corrected chi connectivity index (χ0v) is 16.4. The third-order valence-corrected chi connectivity index (χ3v) is 6.34. The first-order valence-corrected chi connectivity index (χ1v) is 10.1. The second kappa shape index (κ2) is 8.67. The van der Waals surface area contributed by atoms with E-state index in [0.717, 1.165) is 25.9 Å². The molecular formula is C17H26ClN3O4S. The predicted octanol–water partition coefficient (Wildman–Crippen LogP) is 1.50. The average Bonchev–Trinajstić information content (AvgIpc) is 3.45. The third-order valence-electron chi connectivity index (χ3n) is 4.90. The Morgan fingerprint density at radius 1 is 1.23 bits per heavy atom. The SMILES string of the molecule is COC1(C(=O)Nc2ccc(S(=O)(=O)NCC3CC3)cc2)CCNCC1.Cl. The second-order valence-corrected chi connectivity index (χ2v) is 8.49. The van der Waals surface area contributed by atoms with Gasteiger partial charge in [0.25, 0.3) is 5.91 Å². The lowest BCUT2D eigenvalue weighted by molar-refractivity contribution is -0.140. The van der Waals surface area contributed by atoms with Gasteiger partial charge in [-0.1, -0.05) is 0 Å². The molecule has 3 N–H and O–H groups in total. The molecule has 9 heteroatoms. The van der Waals surface area contributed by atoms with E-state index in [9.17, 15) is 13.2 Å². The number of halogens is 1. The maximum absolute atomic E-state index is 12.6. The Kier molecular flexibility index (Phi) is 7.04. The van der Waals surface area contributed by atoms with Crippen molar-refractivity contribution >= 4 is 34.0 Å². The van der Waals surface area contributed by atoms with E-state index in [1.165, 1.54) is 12.1 Å². The minimum atomic E-state index is -3.49. The van der Waals surface area contributed by atoms with Crippen molar-refractivity contribution in [1.29, 1.82) is 0 Å². The number of methoxy groups -OCH3 is 1. The molecule has 1 saturated carbocycles. The van der Waals surface area contributed by atoms with E-state index in [1.807, 2.05) is 0 Å². The molecule has 0 unspecified atom stereocenters. The van der Waals surface area contributed by atoms with E-state index in [1.54, 1.807) is 19.2 Å². The molecule has 0 bridgehead atoms. The standard InChI is InChI=1S/C17H25N3O4S.ClH/c1-24-17(8-10-18-11-9-17)16(21)20-14-4-6-15(7-5-14)25(22,23)19-12-13-2-3-13;/h4-7,13,18-19H,2-3,8-12H2,1H3,(H,20,21);1H. The molecule has 0 spiro atoms. The Balaban J connectivity index is 0.00000243. The Morgan fingerprint density at radius 2 is 1.85 bits per heavy atom.